The topological polar surface area (TPSA) is 49.3 Å². The highest BCUT2D eigenvalue weighted by atomic mass is 19.1. The van der Waals surface area contributed by atoms with Crippen molar-refractivity contribution in [3.8, 4) is 0 Å². The van der Waals surface area contributed by atoms with Crippen molar-refractivity contribution in [2.24, 2.45) is 0 Å². The molecule has 0 aromatic heterocycles. The molecule has 0 saturated carbocycles. The molecule has 1 amide bonds. The summed E-state index contributed by atoms with van der Waals surface area (Å²) in [6, 6.07) is 6.52. The molecule has 0 bridgehead atoms. The zero-order valence-electron chi connectivity index (χ0n) is 10.1. The van der Waals surface area contributed by atoms with Crippen LogP contribution in [0.1, 0.15) is 25.3 Å². The molecule has 0 aliphatic carbocycles. The van der Waals surface area contributed by atoms with E-state index < -0.39 is 12.8 Å². The molecule has 0 saturated heterocycles. The number of carbonyl (C=O) groups is 1. The molecule has 18 heavy (non-hydrogen) atoms. The zero-order valence-corrected chi connectivity index (χ0v) is 10.1. The molecular formula is C12H18F3NO2. The zero-order chi connectivity index (χ0) is 12.0. The molecule has 2 N–H and O–H groups in total. The quantitative estimate of drug-likeness (QED) is 0.859. The summed E-state index contributed by atoms with van der Waals surface area (Å²) in [6.45, 7) is 1.30. The lowest BCUT2D eigenvalue weighted by atomic mass is 10.2. The fourth-order valence-electron chi connectivity index (χ4n) is 1.25. The van der Waals surface area contributed by atoms with Crippen LogP contribution in [0.3, 0.4) is 0 Å². The van der Waals surface area contributed by atoms with Gasteiger partial charge in [-0.15, -0.1) is 0 Å². The van der Waals surface area contributed by atoms with E-state index in [2.05, 4.69) is 5.32 Å². The van der Waals surface area contributed by atoms with E-state index in [1.807, 2.05) is 6.92 Å². The Morgan fingerprint density at radius 1 is 1.33 bits per heavy atom. The second-order valence-electron chi connectivity index (χ2n) is 3.64. The van der Waals surface area contributed by atoms with E-state index in [0.29, 0.717) is 17.7 Å². The summed E-state index contributed by atoms with van der Waals surface area (Å²) >= 11 is 0. The Kier molecular flexibility index (Phi) is 9.89. The van der Waals surface area contributed by atoms with E-state index in [1.165, 1.54) is 0 Å². The van der Waals surface area contributed by atoms with Crippen LogP contribution in [-0.2, 0) is 11.5 Å². The first kappa shape index (κ1) is 18.8. The van der Waals surface area contributed by atoms with Crippen LogP contribution in [0, 0.1) is 0 Å². The average Bonchev–Trinajstić information content (AvgIpc) is 2.29. The SMILES string of the molecule is CC[C@H](O)CC(=O)Nc1ccc(CF)cc1.F.F. The first-order valence-electron chi connectivity index (χ1n) is 5.28. The van der Waals surface area contributed by atoms with Gasteiger partial charge in [0, 0.05) is 5.69 Å². The van der Waals surface area contributed by atoms with Gasteiger partial charge in [-0.3, -0.25) is 14.2 Å². The number of halogens is 3. The van der Waals surface area contributed by atoms with Gasteiger partial charge < -0.3 is 10.4 Å². The number of rotatable bonds is 5. The smallest absolute Gasteiger partial charge is 0.226 e. The number of hydrogen-bond acceptors (Lipinski definition) is 2. The van der Waals surface area contributed by atoms with Gasteiger partial charge in [-0.25, -0.2) is 4.39 Å². The number of aliphatic hydroxyl groups excluding tert-OH is 1. The average molecular weight is 265 g/mol. The van der Waals surface area contributed by atoms with Crippen LogP contribution in [0.25, 0.3) is 0 Å². The summed E-state index contributed by atoms with van der Waals surface area (Å²) in [5.41, 5.74) is 1.19. The summed E-state index contributed by atoms with van der Waals surface area (Å²) < 4.78 is 12.2. The Labute approximate surface area is 104 Å². The summed E-state index contributed by atoms with van der Waals surface area (Å²) in [6.07, 6.45) is 0.0281. The summed E-state index contributed by atoms with van der Waals surface area (Å²) in [7, 11) is 0. The van der Waals surface area contributed by atoms with Crippen molar-refractivity contribution < 1.29 is 23.7 Å². The lowest BCUT2D eigenvalue weighted by Gasteiger charge is -2.08. The molecule has 0 radical (unpaired) electrons. The summed E-state index contributed by atoms with van der Waals surface area (Å²) in [4.78, 5) is 11.4. The fraction of sp³-hybridized carbons (Fsp3) is 0.417. The van der Waals surface area contributed by atoms with Crippen molar-refractivity contribution in [2.75, 3.05) is 5.32 Å². The molecule has 1 aromatic rings. The second kappa shape index (κ2) is 9.47. The molecule has 0 spiro atoms. The Morgan fingerprint density at radius 2 is 1.89 bits per heavy atom. The maximum Gasteiger partial charge on any atom is 0.226 e. The lowest BCUT2D eigenvalue weighted by Crippen LogP contribution is -2.19. The highest BCUT2D eigenvalue weighted by Gasteiger charge is 2.08. The van der Waals surface area contributed by atoms with Crippen LogP contribution in [0.2, 0.25) is 0 Å². The monoisotopic (exact) mass is 265 g/mol. The lowest BCUT2D eigenvalue weighted by molar-refractivity contribution is -0.118. The van der Waals surface area contributed by atoms with Gasteiger partial charge in [0.05, 0.1) is 12.5 Å². The molecule has 1 atom stereocenters. The molecule has 1 rings (SSSR count). The molecular weight excluding hydrogens is 247 g/mol. The van der Waals surface area contributed by atoms with Gasteiger partial charge in [-0.2, -0.15) is 0 Å². The van der Waals surface area contributed by atoms with Crippen molar-refractivity contribution in [3.63, 3.8) is 0 Å². The Bertz CT molecular complexity index is 344. The van der Waals surface area contributed by atoms with Crippen molar-refractivity contribution in [2.45, 2.75) is 32.5 Å². The van der Waals surface area contributed by atoms with Crippen LogP contribution in [0.15, 0.2) is 24.3 Å². The number of nitrogens with one attached hydrogen (secondary N) is 1. The van der Waals surface area contributed by atoms with Crippen molar-refractivity contribution in [1.29, 1.82) is 0 Å². The van der Waals surface area contributed by atoms with E-state index in [-0.39, 0.29) is 21.7 Å². The molecule has 3 nitrogen and oxygen atoms in total. The minimum absolute atomic E-state index is 0. The highest BCUT2D eigenvalue weighted by Crippen LogP contribution is 2.11. The molecule has 0 unspecified atom stereocenters. The molecule has 0 aliphatic heterocycles. The number of alkyl halides is 1. The fourth-order valence-corrected chi connectivity index (χ4v) is 1.25. The van der Waals surface area contributed by atoms with Crippen LogP contribution >= 0.6 is 0 Å². The predicted molar refractivity (Wildman–Crippen MR) is 65.8 cm³/mol. The first-order valence-corrected chi connectivity index (χ1v) is 5.28. The maximum absolute atomic E-state index is 12.2. The third-order valence-electron chi connectivity index (χ3n) is 2.28. The number of carbonyl (C=O) groups excluding carboxylic acids is 1. The van der Waals surface area contributed by atoms with E-state index >= 15 is 0 Å². The van der Waals surface area contributed by atoms with Crippen LogP contribution < -0.4 is 5.32 Å². The molecule has 6 heteroatoms. The normalized spacial score (nSPS) is 10.8. The third-order valence-corrected chi connectivity index (χ3v) is 2.28. The molecule has 0 fully saturated rings. The van der Waals surface area contributed by atoms with Gasteiger partial charge in [0.2, 0.25) is 5.91 Å². The third kappa shape index (κ3) is 6.24. The van der Waals surface area contributed by atoms with E-state index in [1.54, 1.807) is 24.3 Å². The second-order valence-corrected chi connectivity index (χ2v) is 3.64. The van der Waals surface area contributed by atoms with Crippen LogP contribution in [0.5, 0.6) is 0 Å². The van der Waals surface area contributed by atoms with E-state index in [9.17, 15) is 14.3 Å². The molecule has 0 heterocycles. The molecule has 0 aliphatic rings. The predicted octanol–water partition coefficient (Wildman–Crippen LogP) is 2.56. The standard InChI is InChI=1S/C12H16FNO2.2FH/c1-2-11(15)7-12(16)14-10-5-3-9(8-13)4-6-10;;/h3-6,11,15H,2,7-8H2,1H3,(H,14,16);2*1H/t11-;;/m0../s1. The Balaban J connectivity index is 0. The number of anilines is 1. The number of aliphatic hydroxyl groups is 1. The Hall–Kier alpha value is -1.56. The number of hydrogen-bond donors (Lipinski definition) is 2. The molecule has 104 valence electrons. The van der Waals surface area contributed by atoms with Gasteiger partial charge in [0.15, 0.2) is 0 Å². The maximum atomic E-state index is 12.2. The van der Waals surface area contributed by atoms with E-state index in [0.717, 1.165) is 0 Å². The minimum atomic E-state index is -0.606. The largest absolute Gasteiger partial charge is 0.393 e. The summed E-state index contributed by atoms with van der Waals surface area (Å²) in [5.74, 6) is -0.234. The van der Waals surface area contributed by atoms with Crippen LogP contribution in [-0.4, -0.2) is 17.1 Å². The van der Waals surface area contributed by atoms with Crippen molar-refractivity contribution >= 4 is 11.6 Å². The summed E-state index contributed by atoms with van der Waals surface area (Å²) in [5, 5.41) is 11.9. The number of amides is 1. The first-order chi connectivity index (χ1) is 7.65. The van der Waals surface area contributed by atoms with Crippen molar-refractivity contribution in [1.82, 2.24) is 0 Å². The van der Waals surface area contributed by atoms with Gasteiger partial charge in [-0.05, 0) is 24.1 Å². The van der Waals surface area contributed by atoms with E-state index in [4.69, 9.17) is 0 Å². The number of benzene rings is 1. The van der Waals surface area contributed by atoms with Gasteiger partial charge in [0.1, 0.15) is 6.67 Å². The van der Waals surface area contributed by atoms with Gasteiger partial charge in [0.25, 0.3) is 0 Å². The Morgan fingerprint density at radius 3 is 2.33 bits per heavy atom. The minimum Gasteiger partial charge on any atom is -0.393 e. The van der Waals surface area contributed by atoms with Crippen molar-refractivity contribution in [3.05, 3.63) is 29.8 Å². The molecule has 1 aromatic carbocycles. The van der Waals surface area contributed by atoms with Gasteiger partial charge in [-0.1, -0.05) is 19.1 Å². The highest BCUT2D eigenvalue weighted by molar-refractivity contribution is 5.90. The van der Waals surface area contributed by atoms with Gasteiger partial charge >= 0.3 is 0 Å². The van der Waals surface area contributed by atoms with Crippen LogP contribution in [0.4, 0.5) is 19.5 Å².